The van der Waals surface area contributed by atoms with Gasteiger partial charge in [-0.2, -0.15) is 0 Å². The van der Waals surface area contributed by atoms with E-state index >= 15 is 0 Å². The van der Waals surface area contributed by atoms with Crippen molar-refractivity contribution >= 4 is 39.3 Å². The minimum absolute atomic E-state index is 0.0951. The summed E-state index contributed by atoms with van der Waals surface area (Å²) >= 11 is 4.70. The highest BCUT2D eigenvalue weighted by atomic mass is 79.9. The van der Waals surface area contributed by atoms with Gasteiger partial charge in [-0.05, 0) is 59.6 Å². The average molecular weight is 559 g/mol. The van der Waals surface area contributed by atoms with Gasteiger partial charge in [0.15, 0.2) is 4.80 Å². The molecule has 3 aromatic rings. The molecule has 35 heavy (non-hydrogen) atoms. The fourth-order valence-corrected chi connectivity index (χ4v) is 5.52. The Balaban J connectivity index is 2.03. The number of phenols is 1. The van der Waals surface area contributed by atoms with Crippen LogP contribution in [0.15, 0.2) is 61.9 Å². The van der Waals surface area contributed by atoms with Crippen molar-refractivity contribution in [3.63, 3.8) is 0 Å². The smallest absolute Gasteiger partial charge is 0.338 e. The second-order valence-corrected chi connectivity index (χ2v) is 9.49. The normalized spacial score (nSPS) is 15.5. The summed E-state index contributed by atoms with van der Waals surface area (Å²) in [6, 6.07) is 9.23. The van der Waals surface area contributed by atoms with E-state index in [2.05, 4.69) is 20.9 Å². The Kier molecular flexibility index (Phi) is 7.13. The summed E-state index contributed by atoms with van der Waals surface area (Å²) in [5, 5.41) is 9.82. The van der Waals surface area contributed by atoms with E-state index in [0.29, 0.717) is 42.1 Å². The topological polar surface area (TPSA) is 99.4 Å². The fourth-order valence-electron chi connectivity index (χ4n) is 3.95. The van der Waals surface area contributed by atoms with Crippen LogP contribution in [-0.2, 0) is 9.53 Å². The number of carbonyl (C=O) groups excluding carboxylic acids is 1. The molecule has 1 N–H and O–H groups in total. The van der Waals surface area contributed by atoms with Gasteiger partial charge in [-0.25, -0.2) is 9.79 Å². The Labute approximate surface area is 213 Å². The first-order valence-electron chi connectivity index (χ1n) is 10.7. The minimum atomic E-state index is -0.839. The van der Waals surface area contributed by atoms with Crippen molar-refractivity contribution in [2.24, 2.45) is 4.99 Å². The molecule has 1 aromatic heterocycles. The van der Waals surface area contributed by atoms with Gasteiger partial charge in [0.25, 0.3) is 5.56 Å². The van der Waals surface area contributed by atoms with Crippen LogP contribution in [0.4, 0.5) is 0 Å². The molecule has 182 valence electrons. The van der Waals surface area contributed by atoms with Crippen molar-refractivity contribution < 1.29 is 24.1 Å². The maximum atomic E-state index is 13.7. The molecular formula is C25H23BrN2O6S. The van der Waals surface area contributed by atoms with E-state index in [4.69, 9.17) is 14.2 Å². The largest absolute Gasteiger partial charge is 0.508 e. The van der Waals surface area contributed by atoms with Crippen molar-refractivity contribution in [1.82, 2.24) is 4.57 Å². The number of rotatable bonds is 6. The van der Waals surface area contributed by atoms with Crippen LogP contribution in [0, 0.1) is 0 Å². The Morgan fingerprint density at radius 1 is 1.23 bits per heavy atom. The summed E-state index contributed by atoms with van der Waals surface area (Å²) in [5.74, 6) is 0.516. The van der Waals surface area contributed by atoms with Gasteiger partial charge in [0.05, 0.1) is 41.1 Å². The third-order valence-corrected chi connectivity index (χ3v) is 7.09. The molecule has 1 aliphatic heterocycles. The number of nitrogens with zero attached hydrogens (tertiary/aromatic N) is 2. The molecule has 10 heteroatoms. The molecule has 4 rings (SSSR count). The summed E-state index contributed by atoms with van der Waals surface area (Å²) in [5.41, 5.74) is 1.61. The predicted octanol–water partition coefficient (Wildman–Crippen LogP) is 3.28. The molecule has 0 spiro atoms. The lowest BCUT2D eigenvalue weighted by Gasteiger charge is -2.26. The number of aromatic hydroxyl groups is 1. The van der Waals surface area contributed by atoms with Gasteiger partial charge in [-0.15, -0.1) is 0 Å². The molecule has 0 radical (unpaired) electrons. The van der Waals surface area contributed by atoms with E-state index in [9.17, 15) is 14.7 Å². The van der Waals surface area contributed by atoms with Crippen molar-refractivity contribution in [2.75, 3.05) is 20.8 Å². The lowest BCUT2D eigenvalue weighted by molar-refractivity contribution is -0.139. The van der Waals surface area contributed by atoms with E-state index in [1.807, 2.05) is 0 Å². The van der Waals surface area contributed by atoms with Crippen LogP contribution in [0.25, 0.3) is 6.08 Å². The highest BCUT2D eigenvalue weighted by Crippen LogP contribution is 2.41. The standard InChI is InChI=1S/C25H23BrN2O6S/c1-5-34-24(31)21-13(2)27-25-28(22(21)16-11-17(26)19(33-4)12-18(16)32-3)23(30)20(35-25)10-14-7-6-8-15(29)9-14/h6-12,22,29H,5H2,1-4H3/b20-10-/t22-/m1/s1. The number of thiazole rings is 1. The number of hydrogen-bond donors (Lipinski definition) is 1. The van der Waals surface area contributed by atoms with E-state index < -0.39 is 12.0 Å². The van der Waals surface area contributed by atoms with Gasteiger partial charge in [-0.1, -0.05) is 23.5 Å². The SMILES string of the molecule is CCOC(=O)C1=C(C)N=c2s/c(=C\c3cccc(O)c3)c(=O)n2[C@@H]1c1cc(Br)c(OC)cc1OC. The number of benzene rings is 2. The number of fused-ring (bicyclic) bond motifs is 1. The third-order valence-electron chi connectivity index (χ3n) is 5.48. The highest BCUT2D eigenvalue weighted by molar-refractivity contribution is 9.10. The van der Waals surface area contributed by atoms with Gasteiger partial charge in [-0.3, -0.25) is 9.36 Å². The van der Waals surface area contributed by atoms with Gasteiger partial charge in [0.1, 0.15) is 23.3 Å². The lowest BCUT2D eigenvalue weighted by Crippen LogP contribution is -2.40. The summed E-state index contributed by atoms with van der Waals surface area (Å²) in [6.45, 7) is 3.61. The predicted molar refractivity (Wildman–Crippen MR) is 136 cm³/mol. The van der Waals surface area contributed by atoms with Crippen molar-refractivity contribution in [3.05, 3.63) is 83.0 Å². The molecule has 0 saturated heterocycles. The van der Waals surface area contributed by atoms with E-state index in [1.54, 1.807) is 56.3 Å². The number of esters is 1. The molecule has 2 aromatic carbocycles. The Hall–Kier alpha value is -3.37. The van der Waals surface area contributed by atoms with Crippen molar-refractivity contribution in [1.29, 1.82) is 0 Å². The first-order valence-corrected chi connectivity index (χ1v) is 12.3. The van der Waals surface area contributed by atoms with Crippen LogP contribution in [0.3, 0.4) is 0 Å². The first kappa shape index (κ1) is 24.7. The number of aromatic nitrogens is 1. The number of allylic oxidation sites excluding steroid dienone is 1. The monoisotopic (exact) mass is 558 g/mol. The van der Waals surface area contributed by atoms with Crippen LogP contribution < -0.4 is 24.4 Å². The van der Waals surface area contributed by atoms with Gasteiger partial charge < -0.3 is 19.3 Å². The molecule has 1 atom stereocenters. The number of carbonyl (C=O) groups is 1. The van der Waals surface area contributed by atoms with Gasteiger partial charge in [0, 0.05) is 11.6 Å². The lowest BCUT2D eigenvalue weighted by atomic mass is 9.95. The number of phenolic OH excluding ortho intramolecular Hbond substituents is 1. The van der Waals surface area contributed by atoms with Crippen LogP contribution >= 0.6 is 27.3 Å². The van der Waals surface area contributed by atoms with Crippen LogP contribution in [-0.4, -0.2) is 36.5 Å². The Bertz CT molecular complexity index is 1520. The van der Waals surface area contributed by atoms with E-state index in [0.717, 1.165) is 0 Å². The Morgan fingerprint density at radius 2 is 1.97 bits per heavy atom. The second-order valence-electron chi connectivity index (χ2n) is 7.63. The van der Waals surface area contributed by atoms with Crippen LogP contribution in [0.1, 0.15) is 31.0 Å². The molecule has 0 aliphatic carbocycles. The van der Waals surface area contributed by atoms with Crippen molar-refractivity contribution in [2.45, 2.75) is 19.9 Å². The van der Waals surface area contributed by atoms with Gasteiger partial charge in [0.2, 0.25) is 0 Å². The van der Waals surface area contributed by atoms with Crippen LogP contribution in [0.5, 0.6) is 17.2 Å². The summed E-state index contributed by atoms with van der Waals surface area (Å²) in [6.07, 6.45) is 1.69. The summed E-state index contributed by atoms with van der Waals surface area (Å²) in [7, 11) is 3.05. The maximum Gasteiger partial charge on any atom is 0.338 e. The van der Waals surface area contributed by atoms with Gasteiger partial charge >= 0.3 is 5.97 Å². The molecule has 2 heterocycles. The number of hydrogen-bond acceptors (Lipinski definition) is 8. The van der Waals surface area contributed by atoms with Crippen LogP contribution in [0.2, 0.25) is 0 Å². The minimum Gasteiger partial charge on any atom is -0.508 e. The first-order chi connectivity index (χ1) is 16.8. The number of ether oxygens (including phenoxy) is 3. The summed E-state index contributed by atoms with van der Waals surface area (Å²) in [4.78, 5) is 31.8. The molecule has 0 saturated carbocycles. The third kappa shape index (κ3) is 4.63. The van der Waals surface area contributed by atoms with E-state index in [-0.39, 0.29) is 23.5 Å². The van der Waals surface area contributed by atoms with E-state index in [1.165, 1.54) is 30.1 Å². The quantitative estimate of drug-likeness (QED) is 0.466. The molecule has 1 aliphatic rings. The molecule has 8 nitrogen and oxygen atoms in total. The molecule has 0 bridgehead atoms. The molecule has 0 amide bonds. The molecular weight excluding hydrogens is 536 g/mol. The zero-order chi connectivity index (χ0) is 25.3. The fraction of sp³-hybridized carbons (Fsp3) is 0.240. The zero-order valence-electron chi connectivity index (χ0n) is 19.5. The van der Waals surface area contributed by atoms with Crippen molar-refractivity contribution in [3.8, 4) is 17.2 Å². The molecule has 0 unspecified atom stereocenters. The maximum absolute atomic E-state index is 13.7. The zero-order valence-corrected chi connectivity index (χ0v) is 21.9. The Morgan fingerprint density at radius 3 is 2.63 bits per heavy atom. The number of methoxy groups -OCH3 is 2. The average Bonchev–Trinajstić information content (AvgIpc) is 3.12. The second kappa shape index (κ2) is 10.1. The highest BCUT2D eigenvalue weighted by Gasteiger charge is 2.35. The summed E-state index contributed by atoms with van der Waals surface area (Å²) < 4.78 is 18.9. The number of halogens is 1. The molecule has 0 fully saturated rings.